The standard InChI is InChI=1S/C14H30NO5PS/c16-13-15-9-7-8-14(15)12-20-21(17,18)19-10-5-3-1-2-4-6-11-22/h14,16,22H,1-13H2,(H,17,18)/t14-/m0/s1. The minimum Gasteiger partial charge on any atom is -0.381 e. The van der Waals surface area contributed by atoms with E-state index in [0.717, 1.165) is 50.8 Å². The van der Waals surface area contributed by atoms with Gasteiger partial charge in [-0.2, -0.15) is 12.6 Å². The smallest absolute Gasteiger partial charge is 0.381 e. The second kappa shape index (κ2) is 11.8. The van der Waals surface area contributed by atoms with E-state index < -0.39 is 7.82 Å². The van der Waals surface area contributed by atoms with Crippen molar-refractivity contribution < 1.29 is 23.6 Å². The van der Waals surface area contributed by atoms with Crippen LogP contribution in [0.3, 0.4) is 0 Å². The normalized spacial score (nSPS) is 22.0. The van der Waals surface area contributed by atoms with Crippen molar-refractivity contribution in [3.63, 3.8) is 0 Å². The van der Waals surface area contributed by atoms with Gasteiger partial charge in [0, 0.05) is 12.6 Å². The molecule has 1 saturated heterocycles. The van der Waals surface area contributed by atoms with E-state index in [1.165, 1.54) is 12.8 Å². The fourth-order valence-corrected chi connectivity index (χ4v) is 3.61. The Kier molecular flexibility index (Phi) is 11.0. The summed E-state index contributed by atoms with van der Waals surface area (Å²) in [5.41, 5.74) is 0. The van der Waals surface area contributed by atoms with E-state index >= 15 is 0 Å². The summed E-state index contributed by atoms with van der Waals surface area (Å²) in [6.07, 6.45) is 8.22. The van der Waals surface area contributed by atoms with Gasteiger partial charge in [-0.3, -0.25) is 13.9 Å². The second-order valence-corrected chi connectivity index (χ2v) is 7.59. The van der Waals surface area contributed by atoms with Crippen LogP contribution in [0.25, 0.3) is 0 Å². The van der Waals surface area contributed by atoms with Crippen LogP contribution in [0.1, 0.15) is 51.4 Å². The van der Waals surface area contributed by atoms with Gasteiger partial charge in [0.05, 0.1) is 19.9 Å². The molecule has 2 atom stereocenters. The lowest BCUT2D eigenvalue weighted by atomic mass is 10.1. The molecule has 8 heteroatoms. The Morgan fingerprint density at radius 2 is 1.82 bits per heavy atom. The predicted molar refractivity (Wildman–Crippen MR) is 90.1 cm³/mol. The van der Waals surface area contributed by atoms with Gasteiger partial charge in [-0.1, -0.05) is 25.7 Å². The molecule has 0 radical (unpaired) electrons. The molecule has 1 rings (SSSR count). The topological polar surface area (TPSA) is 79.2 Å². The molecule has 132 valence electrons. The summed E-state index contributed by atoms with van der Waals surface area (Å²) in [6.45, 7) is 1.12. The number of phosphoric ester groups is 1. The van der Waals surface area contributed by atoms with E-state index in [9.17, 15) is 9.46 Å². The van der Waals surface area contributed by atoms with E-state index in [0.29, 0.717) is 0 Å². The van der Waals surface area contributed by atoms with Gasteiger partial charge in [-0.25, -0.2) is 4.57 Å². The molecule has 0 spiro atoms. The minimum atomic E-state index is -3.97. The van der Waals surface area contributed by atoms with Crippen molar-refractivity contribution in [2.45, 2.75) is 57.4 Å². The molecule has 0 bridgehead atoms. The number of nitrogens with zero attached hydrogens (tertiary/aromatic N) is 1. The van der Waals surface area contributed by atoms with Crippen LogP contribution in [-0.2, 0) is 13.6 Å². The van der Waals surface area contributed by atoms with Gasteiger partial charge in [0.2, 0.25) is 0 Å². The van der Waals surface area contributed by atoms with E-state index in [1.807, 2.05) is 4.90 Å². The van der Waals surface area contributed by atoms with Gasteiger partial charge in [0.1, 0.15) is 0 Å². The summed E-state index contributed by atoms with van der Waals surface area (Å²) in [7, 11) is -3.97. The van der Waals surface area contributed by atoms with Crippen molar-refractivity contribution in [2.75, 3.05) is 32.2 Å². The molecule has 0 aromatic carbocycles. The minimum absolute atomic E-state index is 0.000839. The first-order valence-electron chi connectivity index (χ1n) is 8.16. The quantitative estimate of drug-likeness (QED) is 0.268. The van der Waals surface area contributed by atoms with Crippen molar-refractivity contribution in [2.24, 2.45) is 0 Å². The van der Waals surface area contributed by atoms with Crippen molar-refractivity contribution in [1.29, 1.82) is 0 Å². The Hall–Kier alpha value is 0.380. The van der Waals surface area contributed by atoms with Crippen LogP contribution < -0.4 is 0 Å². The molecule has 0 saturated carbocycles. The van der Waals surface area contributed by atoms with Gasteiger partial charge >= 0.3 is 7.82 Å². The summed E-state index contributed by atoms with van der Waals surface area (Å²) >= 11 is 4.17. The number of thiol groups is 1. The lowest BCUT2D eigenvalue weighted by Gasteiger charge is -2.22. The van der Waals surface area contributed by atoms with Crippen LogP contribution in [-0.4, -0.2) is 53.2 Å². The van der Waals surface area contributed by atoms with Gasteiger partial charge < -0.3 is 10.00 Å². The van der Waals surface area contributed by atoms with E-state index in [1.54, 1.807) is 0 Å². The maximum Gasteiger partial charge on any atom is 0.472 e. The molecule has 2 N–H and O–H groups in total. The van der Waals surface area contributed by atoms with Crippen LogP contribution in [0.4, 0.5) is 0 Å². The van der Waals surface area contributed by atoms with E-state index in [4.69, 9.17) is 14.2 Å². The number of hydrogen-bond donors (Lipinski definition) is 3. The number of phosphoric acid groups is 1. The number of hydrogen-bond acceptors (Lipinski definition) is 6. The number of aliphatic hydroxyl groups is 1. The Morgan fingerprint density at radius 1 is 1.14 bits per heavy atom. The number of likely N-dealkylation sites (tertiary alicyclic amines) is 1. The maximum absolute atomic E-state index is 11.8. The fourth-order valence-electron chi connectivity index (χ4n) is 2.59. The first-order chi connectivity index (χ1) is 10.6. The molecule has 1 heterocycles. The number of unbranched alkanes of at least 4 members (excludes halogenated alkanes) is 5. The Morgan fingerprint density at radius 3 is 2.50 bits per heavy atom. The fraction of sp³-hybridized carbons (Fsp3) is 1.00. The Labute approximate surface area is 139 Å². The SMILES string of the molecule is O=P(O)(OCCCCCCCCS)OC[C@@H]1CCCN1CO. The number of rotatable bonds is 13. The van der Waals surface area contributed by atoms with Crippen molar-refractivity contribution in [3.8, 4) is 0 Å². The average molecular weight is 355 g/mol. The molecular weight excluding hydrogens is 325 g/mol. The summed E-state index contributed by atoms with van der Waals surface area (Å²) in [6, 6.07) is 0.000839. The van der Waals surface area contributed by atoms with Gasteiger partial charge in [0.25, 0.3) is 0 Å². The first-order valence-corrected chi connectivity index (χ1v) is 10.3. The molecular formula is C14H30NO5PS. The van der Waals surface area contributed by atoms with Gasteiger partial charge in [-0.15, -0.1) is 0 Å². The molecule has 0 aromatic rings. The molecule has 0 aromatic heterocycles. The third-order valence-electron chi connectivity index (χ3n) is 3.92. The van der Waals surface area contributed by atoms with Crippen LogP contribution in [0.2, 0.25) is 0 Å². The highest BCUT2D eigenvalue weighted by atomic mass is 32.1. The van der Waals surface area contributed by atoms with Crippen molar-refractivity contribution >= 4 is 20.5 Å². The van der Waals surface area contributed by atoms with Gasteiger partial charge in [-0.05, 0) is 31.4 Å². The molecule has 0 aliphatic carbocycles. The maximum atomic E-state index is 11.8. The summed E-state index contributed by atoms with van der Waals surface area (Å²) in [4.78, 5) is 11.5. The molecule has 22 heavy (non-hydrogen) atoms. The first kappa shape index (κ1) is 20.4. The molecule has 1 aliphatic rings. The second-order valence-electron chi connectivity index (χ2n) is 5.69. The lowest BCUT2D eigenvalue weighted by molar-refractivity contribution is 0.0594. The third kappa shape index (κ3) is 8.87. The summed E-state index contributed by atoms with van der Waals surface area (Å²) < 4.78 is 21.8. The van der Waals surface area contributed by atoms with Crippen molar-refractivity contribution in [1.82, 2.24) is 4.90 Å². The molecule has 1 unspecified atom stereocenters. The Bertz CT molecular complexity index is 334. The third-order valence-corrected chi connectivity index (χ3v) is 5.22. The summed E-state index contributed by atoms with van der Waals surface area (Å²) in [5.74, 6) is 0.933. The van der Waals surface area contributed by atoms with Crippen LogP contribution >= 0.6 is 20.5 Å². The molecule has 1 fully saturated rings. The monoisotopic (exact) mass is 355 g/mol. The largest absolute Gasteiger partial charge is 0.472 e. The average Bonchev–Trinajstić information content (AvgIpc) is 2.95. The highest BCUT2D eigenvalue weighted by Gasteiger charge is 2.28. The molecule has 6 nitrogen and oxygen atoms in total. The lowest BCUT2D eigenvalue weighted by Crippen LogP contribution is -2.33. The zero-order chi connectivity index (χ0) is 16.3. The van der Waals surface area contributed by atoms with Crippen LogP contribution in [0.15, 0.2) is 0 Å². The summed E-state index contributed by atoms with van der Waals surface area (Å²) in [5, 5.41) is 9.15. The van der Waals surface area contributed by atoms with E-state index in [2.05, 4.69) is 12.6 Å². The zero-order valence-electron chi connectivity index (χ0n) is 13.2. The van der Waals surface area contributed by atoms with Crippen LogP contribution in [0, 0.1) is 0 Å². The van der Waals surface area contributed by atoms with Crippen LogP contribution in [0.5, 0.6) is 0 Å². The zero-order valence-corrected chi connectivity index (χ0v) is 15.0. The predicted octanol–water partition coefficient (Wildman–Crippen LogP) is 2.80. The highest BCUT2D eigenvalue weighted by molar-refractivity contribution is 7.80. The molecule has 0 amide bonds. The molecule has 1 aliphatic heterocycles. The Balaban J connectivity index is 2.04. The van der Waals surface area contributed by atoms with Crippen molar-refractivity contribution in [3.05, 3.63) is 0 Å². The van der Waals surface area contributed by atoms with Gasteiger partial charge in [0.15, 0.2) is 0 Å². The van der Waals surface area contributed by atoms with E-state index in [-0.39, 0.29) is 26.0 Å². The number of aliphatic hydroxyl groups excluding tert-OH is 1. The highest BCUT2D eigenvalue weighted by Crippen LogP contribution is 2.44.